The molecule has 5 heavy (non-hydrogen) atoms. The van der Waals surface area contributed by atoms with Gasteiger partial charge in [-0.3, -0.25) is 4.79 Å². The predicted molar refractivity (Wildman–Crippen MR) is 19.6 cm³/mol. The van der Waals surface area contributed by atoms with Crippen molar-refractivity contribution in [2.24, 2.45) is 0 Å². The summed E-state index contributed by atoms with van der Waals surface area (Å²) in [6.07, 6.45) is 0. The highest BCUT2D eigenvalue weighted by Gasteiger charge is 1.88. The summed E-state index contributed by atoms with van der Waals surface area (Å²) in [4.78, 5) is 9.25. The molecule has 0 atom stereocenters. The molecule has 0 fully saturated rings. The van der Waals surface area contributed by atoms with Gasteiger partial charge in [0.25, 0.3) is 5.59 Å². The Labute approximate surface area is 36.3 Å². The van der Waals surface area contributed by atoms with Gasteiger partial charge in [0, 0.05) is 0 Å². The second-order valence-corrected chi connectivity index (χ2v) is 1.58. The van der Waals surface area contributed by atoms with E-state index >= 15 is 0 Å². The average Bonchev–Trinajstić information content (AvgIpc) is 1.38. The quantitative estimate of drug-likeness (QED) is 0.393. The van der Waals surface area contributed by atoms with E-state index in [1.807, 2.05) is 0 Å². The van der Waals surface area contributed by atoms with Gasteiger partial charge in [-0.1, -0.05) is 0 Å². The highest BCUT2D eigenvalue weighted by molar-refractivity contribution is 7.10. The zero-order valence-electron chi connectivity index (χ0n) is 2.23. The summed E-state index contributed by atoms with van der Waals surface area (Å²) in [6, 6.07) is 0. The highest BCUT2D eigenvalue weighted by Crippen LogP contribution is 1.66. The molecular weight excluding hydrogens is 108 g/mol. The van der Waals surface area contributed by atoms with Crippen LogP contribution >= 0.6 is 11.1 Å². The Kier molecular flexibility index (Phi) is 2.22. The minimum Gasteiger partial charge on any atom is -0.485 e. The van der Waals surface area contributed by atoms with Gasteiger partial charge in [-0.2, -0.15) is 11.1 Å². The lowest BCUT2D eigenvalue weighted by Gasteiger charge is -1.67. The molecule has 0 aliphatic rings. The summed E-state index contributed by atoms with van der Waals surface area (Å²) < 4.78 is 0. The van der Waals surface area contributed by atoms with Gasteiger partial charge in [-0.05, 0) is 0 Å². The van der Waals surface area contributed by atoms with Gasteiger partial charge in [-0.15, -0.1) is 0 Å². The van der Waals surface area contributed by atoms with Crippen molar-refractivity contribution < 1.29 is 9.90 Å². The highest BCUT2D eigenvalue weighted by atomic mass is 35.6. The molecule has 0 aromatic carbocycles. The van der Waals surface area contributed by atoms with Crippen molar-refractivity contribution in [3.05, 3.63) is 0 Å². The summed E-state index contributed by atoms with van der Waals surface area (Å²) in [5, 5.41) is 7.60. The first-order valence-corrected chi connectivity index (χ1v) is 2.88. The van der Waals surface area contributed by atoms with E-state index in [4.69, 9.17) is 16.2 Å². The Balaban J connectivity index is 2.85. The zero-order valence-corrected chi connectivity index (χ0v) is 3.99. The van der Waals surface area contributed by atoms with Crippen LogP contribution in [-0.4, -0.2) is 19.5 Å². The molecule has 0 aromatic heterocycles. The fourth-order valence-corrected chi connectivity index (χ4v) is 0. The van der Waals surface area contributed by atoms with Crippen molar-refractivity contribution in [1.82, 2.24) is 0 Å². The summed E-state index contributed by atoms with van der Waals surface area (Å²) >= 11 is 4.76. The summed E-state index contributed by atoms with van der Waals surface area (Å²) in [5.41, 5.74) is -0.952. The summed E-state index contributed by atoms with van der Waals surface area (Å²) in [7, 11) is -0.497. The molecule has 0 unspecified atom stereocenters. The van der Waals surface area contributed by atoms with E-state index in [1.54, 1.807) is 0 Å². The fraction of sp³-hybridized carbons (Fsp3) is 0. The van der Waals surface area contributed by atoms with Crippen molar-refractivity contribution in [3.8, 4) is 0 Å². The van der Waals surface area contributed by atoms with Crippen LogP contribution < -0.4 is 0 Å². The van der Waals surface area contributed by atoms with Gasteiger partial charge < -0.3 is 5.11 Å². The average molecular weight is 109 g/mol. The molecule has 0 bridgehead atoms. The smallest absolute Gasteiger partial charge is 0.318 e. The van der Waals surface area contributed by atoms with Crippen LogP contribution in [0.15, 0.2) is 0 Å². The number of hydrogen-bond donors (Lipinski definition) is 1. The topological polar surface area (TPSA) is 37.3 Å². The molecule has 2 radical (unpaired) electrons. The SMILES string of the molecule is O=C(O)[Si]Cl. The lowest BCUT2D eigenvalue weighted by Crippen LogP contribution is -1.94. The van der Waals surface area contributed by atoms with Crippen LogP contribution in [0.3, 0.4) is 0 Å². The second-order valence-electron chi connectivity index (χ2n) is 0.400. The first-order chi connectivity index (χ1) is 2.27. The zero-order chi connectivity index (χ0) is 4.28. The second kappa shape index (κ2) is 2.23. The Bertz CT molecular complexity index is 44.9. The maximum absolute atomic E-state index is 9.25. The molecule has 0 aromatic rings. The Morgan fingerprint density at radius 1 is 2.00 bits per heavy atom. The van der Waals surface area contributed by atoms with E-state index in [2.05, 4.69) is 0 Å². The van der Waals surface area contributed by atoms with Gasteiger partial charge in [-0.25, -0.2) is 0 Å². The normalized spacial score (nSPS) is 7.40. The Morgan fingerprint density at radius 2 is 2.20 bits per heavy atom. The predicted octanol–water partition coefficient (Wildman–Crippen LogP) is 0.522. The van der Waals surface area contributed by atoms with Crippen molar-refractivity contribution in [1.29, 1.82) is 0 Å². The van der Waals surface area contributed by atoms with E-state index in [1.165, 1.54) is 0 Å². The van der Waals surface area contributed by atoms with E-state index in [0.717, 1.165) is 0 Å². The van der Waals surface area contributed by atoms with E-state index in [9.17, 15) is 4.79 Å². The van der Waals surface area contributed by atoms with Gasteiger partial charge in [0.05, 0.1) is 0 Å². The molecule has 0 heterocycles. The van der Waals surface area contributed by atoms with E-state index < -0.39 is 14.4 Å². The number of halogens is 1. The molecule has 28 valence electrons. The lowest BCUT2D eigenvalue weighted by molar-refractivity contribution is 0.220. The lowest BCUT2D eigenvalue weighted by atomic mass is 11.6. The molecule has 0 amide bonds. The molecule has 0 rings (SSSR count). The first-order valence-electron chi connectivity index (χ1n) is 0.867. The van der Waals surface area contributed by atoms with Gasteiger partial charge in [0.1, 0.15) is 0 Å². The first kappa shape index (κ1) is 4.98. The minimum atomic E-state index is -0.952. The minimum absolute atomic E-state index is 0.497. The number of rotatable bonds is 1. The van der Waals surface area contributed by atoms with Gasteiger partial charge >= 0.3 is 8.83 Å². The van der Waals surface area contributed by atoms with Crippen LogP contribution in [0.25, 0.3) is 0 Å². The van der Waals surface area contributed by atoms with Crippen LogP contribution in [0.5, 0.6) is 0 Å². The van der Waals surface area contributed by atoms with Crippen molar-refractivity contribution in [3.63, 3.8) is 0 Å². The van der Waals surface area contributed by atoms with Gasteiger partial charge in [0.15, 0.2) is 0 Å². The van der Waals surface area contributed by atoms with Crippen LogP contribution in [0, 0.1) is 0 Å². The Hall–Kier alpha value is -0.0231. The van der Waals surface area contributed by atoms with E-state index in [0.29, 0.717) is 0 Å². The van der Waals surface area contributed by atoms with Crippen molar-refractivity contribution in [2.75, 3.05) is 0 Å². The number of carbonyl (C=O) groups is 1. The van der Waals surface area contributed by atoms with Gasteiger partial charge in [0.2, 0.25) is 0 Å². The molecule has 0 saturated carbocycles. The monoisotopic (exact) mass is 108 g/mol. The molecular formula is CHClO2Si. The maximum atomic E-state index is 9.25. The van der Waals surface area contributed by atoms with Crippen LogP contribution in [0.1, 0.15) is 0 Å². The standard InChI is InChI=1S/CHClO2Si/c2-5-1(3)4/h(H,3,4). The van der Waals surface area contributed by atoms with Crippen molar-refractivity contribution >= 4 is 25.5 Å². The molecule has 0 aliphatic carbocycles. The number of carboxylic acid groups (broad SMARTS) is 1. The fourth-order valence-electron chi connectivity index (χ4n) is 0. The summed E-state index contributed by atoms with van der Waals surface area (Å²) in [5.74, 6) is 0. The number of hydrogen-bond acceptors (Lipinski definition) is 1. The molecule has 2 nitrogen and oxygen atoms in total. The van der Waals surface area contributed by atoms with Crippen LogP contribution in [0.2, 0.25) is 0 Å². The molecule has 1 N–H and O–H groups in total. The third-order valence-corrected chi connectivity index (χ3v) is 0.728. The molecule has 4 heteroatoms. The third-order valence-electron chi connectivity index (χ3n) is 0.0808. The molecule has 0 saturated heterocycles. The summed E-state index contributed by atoms with van der Waals surface area (Å²) in [6.45, 7) is 0. The molecule has 0 spiro atoms. The van der Waals surface area contributed by atoms with Crippen molar-refractivity contribution in [2.45, 2.75) is 0 Å². The van der Waals surface area contributed by atoms with Crippen LogP contribution in [-0.2, 0) is 0 Å². The molecule has 0 aliphatic heterocycles. The van der Waals surface area contributed by atoms with Crippen LogP contribution in [0.4, 0.5) is 4.79 Å². The Morgan fingerprint density at radius 3 is 2.20 bits per heavy atom. The maximum Gasteiger partial charge on any atom is 0.318 e. The van der Waals surface area contributed by atoms with E-state index in [-0.39, 0.29) is 0 Å². The largest absolute Gasteiger partial charge is 0.485 e. The third kappa shape index (κ3) is 3.98.